The van der Waals surface area contributed by atoms with Gasteiger partial charge in [0.05, 0.1) is 0 Å². The number of hydrogen-bond acceptors (Lipinski definition) is 2. The van der Waals surface area contributed by atoms with E-state index in [0.717, 1.165) is 17.8 Å². The lowest BCUT2D eigenvalue weighted by Gasteiger charge is -2.25. The summed E-state index contributed by atoms with van der Waals surface area (Å²) in [6.45, 7) is 9.35. The third-order valence-electron chi connectivity index (χ3n) is 2.24. The van der Waals surface area contributed by atoms with Gasteiger partial charge in [0.25, 0.3) is 0 Å². The highest BCUT2D eigenvalue weighted by molar-refractivity contribution is 9.09. The fourth-order valence-electron chi connectivity index (χ4n) is 1.44. The molecule has 2 nitrogen and oxygen atoms in total. The molecular weight excluding hydrogens is 240 g/mol. The van der Waals surface area contributed by atoms with Gasteiger partial charge < -0.3 is 9.80 Å². The fraction of sp³-hybridized carbons (Fsp3) is 1.00. The summed E-state index contributed by atoms with van der Waals surface area (Å²) in [5.41, 5.74) is 0. The van der Waals surface area contributed by atoms with Gasteiger partial charge in [0, 0.05) is 25.0 Å². The number of halogens is 1. The summed E-state index contributed by atoms with van der Waals surface area (Å²) in [6, 6.07) is 0. The number of likely N-dealkylation sites (N-methyl/N-ethyl adjacent to an activating group) is 1. The summed E-state index contributed by atoms with van der Waals surface area (Å²) in [6.07, 6.45) is 1.25. The lowest BCUT2D eigenvalue weighted by molar-refractivity contribution is 0.221. The molecule has 0 aliphatic rings. The second-order valence-corrected chi connectivity index (χ2v) is 5.01. The molecule has 14 heavy (non-hydrogen) atoms. The zero-order chi connectivity index (χ0) is 11.0. The van der Waals surface area contributed by atoms with Gasteiger partial charge >= 0.3 is 0 Å². The van der Waals surface area contributed by atoms with Crippen LogP contribution in [0, 0.1) is 5.92 Å². The lowest BCUT2D eigenvalue weighted by Crippen LogP contribution is -2.35. The Morgan fingerprint density at radius 1 is 1.14 bits per heavy atom. The van der Waals surface area contributed by atoms with E-state index in [9.17, 15) is 0 Å². The third kappa shape index (κ3) is 7.77. The quantitative estimate of drug-likeness (QED) is 0.621. The smallest absolute Gasteiger partial charge is 0.0109 e. The minimum atomic E-state index is 0.753. The molecular formula is C11H25BrN2. The minimum absolute atomic E-state index is 0.753. The van der Waals surface area contributed by atoms with E-state index in [1.54, 1.807) is 0 Å². The van der Waals surface area contributed by atoms with Crippen molar-refractivity contribution in [1.82, 2.24) is 9.80 Å². The molecule has 0 spiro atoms. The van der Waals surface area contributed by atoms with E-state index in [4.69, 9.17) is 0 Å². The zero-order valence-corrected chi connectivity index (χ0v) is 11.7. The summed E-state index contributed by atoms with van der Waals surface area (Å²) in [5.74, 6) is 0.753. The van der Waals surface area contributed by atoms with Crippen molar-refractivity contribution in [2.24, 2.45) is 5.92 Å². The molecule has 0 aromatic heterocycles. The molecule has 0 aliphatic carbocycles. The van der Waals surface area contributed by atoms with Crippen molar-refractivity contribution < 1.29 is 0 Å². The third-order valence-corrected chi connectivity index (χ3v) is 3.34. The van der Waals surface area contributed by atoms with E-state index in [1.807, 2.05) is 0 Å². The fourth-order valence-corrected chi connectivity index (χ4v) is 1.65. The van der Waals surface area contributed by atoms with Crippen LogP contribution in [0.25, 0.3) is 0 Å². The first-order chi connectivity index (χ1) is 6.60. The molecule has 0 aromatic carbocycles. The zero-order valence-electron chi connectivity index (χ0n) is 10.1. The van der Waals surface area contributed by atoms with Gasteiger partial charge in [-0.15, -0.1) is 0 Å². The van der Waals surface area contributed by atoms with Crippen LogP contribution in [0.1, 0.15) is 20.3 Å². The van der Waals surface area contributed by atoms with Crippen LogP contribution in [-0.4, -0.2) is 55.4 Å². The Morgan fingerprint density at radius 3 is 2.21 bits per heavy atom. The standard InChI is InChI=1S/C11H25BrN2/c1-5-6-14(8-7-13(3)4)10-11(2)9-12/h11H,5-10H2,1-4H3. The molecule has 0 saturated carbocycles. The number of alkyl halides is 1. The van der Waals surface area contributed by atoms with Gasteiger partial charge in [-0.25, -0.2) is 0 Å². The largest absolute Gasteiger partial charge is 0.308 e. The van der Waals surface area contributed by atoms with Crippen molar-refractivity contribution in [2.75, 3.05) is 45.6 Å². The lowest BCUT2D eigenvalue weighted by atomic mass is 10.2. The molecule has 0 saturated heterocycles. The predicted molar refractivity (Wildman–Crippen MR) is 68.2 cm³/mol. The summed E-state index contributed by atoms with van der Waals surface area (Å²) in [5, 5.41) is 1.11. The highest BCUT2D eigenvalue weighted by atomic mass is 79.9. The molecule has 0 fully saturated rings. The Bertz CT molecular complexity index is 128. The second-order valence-electron chi connectivity index (χ2n) is 4.36. The average Bonchev–Trinajstić information content (AvgIpc) is 2.14. The van der Waals surface area contributed by atoms with E-state index in [1.165, 1.54) is 26.1 Å². The minimum Gasteiger partial charge on any atom is -0.308 e. The molecule has 1 unspecified atom stereocenters. The van der Waals surface area contributed by atoms with E-state index in [-0.39, 0.29) is 0 Å². The van der Waals surface area contributed by atoms with Gasteiger partial charge in [-0.2, -0.15) is 0 Å². The average molecular weight is 265 g/mol. The van der Waals surface area contributed by atoms with E-state index in [0.29, 0.717) is 0 Å². The SMILES string of the molecule is CCCN(CCN(C)C)CC(C)CBr. The van der Waals surface area contributed by atoms with Crippen LogP contribution >= 0.6 is 15.9 Å². The van der Waals surface area contributed by atoms with Gasteiger partial charge in [0.1, 0.15) is 0 Å². The van der Waals surface area contributed by atoms with Crippen molar-refractivity contribution in [2.45, 2.75) is 20.3 Å². The highest BCUT2D eigenvalue weighted by Crippen LogP contribution is 2.04. The van der Waals surface area contributed by atoms with Crippen molar-refractivity contribution >= 4 is 15.9 Å². The maximum atomic E-state index is 3.54. The van der Waals surface area contributed by atoms with Gasteiger partial charge in [-0.3, -0.25) is 0 Å². The number of rotatable bonds is 8. The summed E-state index contributed by atoms with van der Waals surface area (Å²) >= 11 is 3.54. The molecule has 0 N–H and O–H groups in total. The van der Waals surface area contributed by atoms with Crippen LogP contribution in [0.3, 0.4) is 0 Å². The Morgan fingerprint density at radius 2 is 1.79 bits per heavy atom. The van der Waals surface area contributed by atoms with Crippen LogP contribution in [0.5, 0.6) is 0 Å². The Labute approximate surface area is 97.8 Å². The summed E-state index contributed by atoms with van der Waals surface area (Å²) in [7, 11) is 4.27. The second kappa shape index (κ2) is 8.69. The van der Waals surface area contributed by atoms with Crippen molar-refractivity contribution in [3.8, 4) is 0 Å². The van der Waals surface area contributed by atoms with Gasteiger partial charge in [-0.05, 0) is 33.0 Å². The van der Waals surface area contributed by atoms with Gasteiger partial charge in [0.2, 0.25) is 0 Å². The monoisotopic (exact) mass is 264 g/mol. The summed E-state index contributed by atoms with van der Waals surface area (Å²) < 4.78 is 0. The van der Waals surface area contributed by atoms with Gasteiger partial charge in [0.15, 0.2) is 0 Å². The van der Waals surface area contributed by atoms with E-state index in [2.05, 4.69) is 53.7 Å². The number of nitrogens with zero attached hydrogens (tertiary/aromatic N) is 2. The molecule has 0 aromatic rings. The highest BCUT2D eigenvalue weighted by Gasteiger charge is 2.08. The number of hydrogen-bond donors (Lipinski definition) is 0. The molecule has 3 heteroatoms. The molecule has 1 atom stereocenters. The Kier molecular flexibility index (Phi) is 8.94. The van der Waals surface area contributed by atoms with Crippen LogP contribution in [0.15, 0.2) is 0 Å². The van der Waals surface area contributed by atoms with Crippen LogP contribution < -0.4 is 0 Å². The molecule has 0 heterocycles. The van der Waals surface area contributed by atoms with Crippen LogP contribution in [0.4, 0.5) is 0 Å². The molecule has 86 valence electrons. The first-order valence-corrected chi connectivity index (χ1v) is 6.65. The maximum absolute atomic E-state index is 3.54. The normalized spacial score (nSPS) is 13.9. The molecule has 0 radical (unpaired) electrons. The Balaban J connectivity index is 3.76. The van der Waals surface area contributed by atoms with E-state index < -0.39 is 0 Å². The topological polar surface area (TPSA) is 6.48 Å². The van der Waals surface area contributed by atoms with Crippen LogP contribution in [0.2, 0.25) is 0 Å². The summed E-state index contributed by atoms with van der Waals surface area (Å²) in [4.78, 5) is 4.81. The first-order valence-electron chi connectivity index (χ1n) is 5.53. The van der Waals surface area contributed by atoms with Crippen LogP contribution in [-0.2, 0) is 0 Å². The van der Waals surface area contributed by atoms with Crippen molar-refractivity contribution in [3.05, 3.63) is 0 Å². The van der Waals surface area contributed by atoms with Crippen molar-refractivity contribution in [3.63, 3.8) is 0 Å². The first kappa shape index (κ1) is 14.4. The molecule has 0 rings (SSSR count). The van der Waals surface area contributed by atoms with Crippen molar-refractivity contribution in [1.29, 1.82) is 0 Å². The predicted octanol–water partition coefficient (Wildman–Crippen LogP) is 2.29. The van der Waals surface area contributed by atoms with Gasteiger partial charge in [-0.1, -0.05) is 29.8 Å². The maximum Gasteiger partial charge on any atom is 0.0109 e. The van der Waals surface area contributed by atoms with E-state index >= 15 is 0 Å². The molecule has 0 amide bonds. The molecule has 0 aliphatic heterocycles. The molecule has 0 bridgehead atoms. The Hall–Kier alpha value is 0.400.